The van der Waals surface area contributed by atoms with Gasteiger partial charge in [0.15, 0.2) is 0 Å². The summed E-state index contributed by atoms with van der Waals surface area (Å²) >= 11 is 0. The lowest BCUT2D eigenvalue weighted by molar-refractivity contribution is 0.847. The number of benzene rings is 2. The number of aryl methyl sites for hydroxylation is 2. The number of nitrogens with two attached hydrogens (primary N) is 1. The Bertz CT molecular complexity index is 518. The van der Waals surface area contributed by atoms with Gasteiger partial charge in [0.05, 0.1) is 6.04 Å². The third kappa shape index (κ3) is 2.19. The Kier molecular flexibility index (Phi) is 3.53. The normalized spacial score (nSPS) is 11.0. The van der Waals surface area contributed by atoms with Gasteiger partial charge in [0.2, 0.25) is 0 Å². The Morgan fingerprint density at radius 3 is 1.50 bits per heavy atom. The zero-order valence-electron chi connectivity index (χ0n) is 11.6. The third-order valence-corrected chi connectivity index (χ3v) is 3.96. The van der Waals surface area contributed by atoms with Crippen LogP contribution >= 0.6 is 0 Å². The smallest absolute Gasteiger partial charge is 0.0557 e. The molecule has 2 N–H and O–H groups in total. The van der Waals surface area contributed by atoms with Crippen molar-refractivity contribution in [1.29, 1.82) is 0 Å². The molecule has 0 aromatic heterocycles. The van der Waals surface area contributed by atoms with Crippen molar-refractivity contribution in [3.63, 3.8) is 0 Å². The second kappa shape index (κ2) is 4.95. The molecule has 0 saturated heterocycles. The van der Waals surface area contributed by atoms with Crippen LogP contribution in [0.5, 0.6) is 0 Å². The van der Waals surface area contributed by atoms with Gasteiger partial charge in [-0.3, -0.25) is 0 Å². The molecule has 0 radical (unpaired) electrons. The van der Waals surface area contributed by atoms with Gasteiger partial charge in [-0.2, -0.15) is 0 Å². The summed E-state index contributed by atoms with van der Waals surface area (Å²) in [6.07, 6.45) is 0. The highest BCUT2D eigenvalue weighted by Gasteiger charge is 2.14. The van der Waals surface area contributed by atoms with E-state index in [1.54, 1.807) is 0 Å². The fourth-order valence-electron chi connectivity index (χ4n) is 2.39. The van der Waals surface area contributed by atoms with E-state index >= 15 is 0 Å². The van der Waals surface area contributed by atoms with Crippen LogP contribution in [0.2, 0.25) is 0 Å². The molecule has 2 rings (SSSR count). The SMILES string of the molecule is Cc1cccc(C(N)c2cccc(C)c2C)c1C. The van der Waals surface area contributed by atoms with Crippen LogP contribution in [-0.4, -0.2) is 0 Å². The molecule has 0 heterocycles. The van der Waals surface area contributed by atoms with E-state index in [-0.39, 0.29) is 6.04 Å². The maximum atomic E-state index is 6.46. The van der Waals surface area contributed by atoms with Crippen LogP contribution in [0.3, 0.4) is 0 Å². The van der Waals surface area contributed by atoms with E-state index in [9.17, 15) is 0 Å². The number of hydrogen-bond acceptors (Lipinski definition) is 1. The molecule has 1 nitrogen and oxygen atoms in total. The van der Waals surface area contributed by atoms with Crippen LogP contribution in [0.25, 0.3) is 0 Å². The summed E-state index contributed by atoms with van der Waals surface area (Å²) in [5.41, 5.74) is 14.1. The van der Waals surface area contributed by atoms with Gasteiger partial charge in [-0.1, -0.05) is 36.4 Å². The third-order valence-electron chi connectivity index (χ3n) is 3.96. The maximum absolute atomic E-state index is 6.46. The van der Waals surface area contributed by atoms with Gasteiger partial charge in [-0.05, 0) is 61.1 Å². The van der Waals surface area contributed by atoms with E-state index in [1.165, 1.54) is 33.4 Å². The highest BCUT2D eigenvalue weighted by atomic mass is 14.6. The van der Waals surface area contributed by atoms with Crippen molar-refractivity contribution in [2.45, 2.75) is 33.7 Å². The minimum absolute atomic E-state index is 0.0372. The predicted octanol–water partition coefficient (Wildman–Crippen LogP) is 3.97. The molecule has 0 aliphatic rings. The zero-order chi connectivity index (χ0) is 13.3. The van der Waals surface area contributed by atoms with Crippen molar-refractivity contribution in [1.82, 2.24) is 0 Å². The topological polar surface area (TPSA) is 26.0 Å². The summed E-state index contributed by atoms with van der Waals surface area (Å²) in [4.78, 5) is 0. The quantitative estimate of drug-likeness (QED) is 0.843. The Balaban J connectivity index is 2.51. The summed E-state index contributed by atoms with van der Waals surface area (Å²) in [6.45, 7) is 8.56. The van der Waals surface area contributed by atoms with Crippen molar-refractivity contribution in [2.75, 3.05) is 0 Å². The molecule has 0 amide bonds. The first kappa shape index (κ1) is 12.8. The first-order chi connectivity index (χ1) is 8.52. The molecular formula is C17H21N. The summed E-state index contributed by atoms with van der Waals surface area (Å²) < 4.78 is 0. The van der Waals surface area contributed by atoms with E-state index in [2.05, 4.69) is 64.1 Å². The molecule has 2 aromatic rings. The molecule has 0 fully saturated rings. The van der Waals surface area contributed by atoms with Gasteiger partial charge >= 0.3 is 0 Å². The molecule has 18 heavy (non-hydrogen) atoms. The van der Waals surface area contributed by atoms with Crippen LogP contribution in [0, 0.1) is 27.7 Å². The first-order valence-corrected chi connectivity index (χ1v) is 6.40. The summed E-state index contributed by atoms with van der Waals surface area (Å²) in [7, 11) is 0. The van der Waals surface area contributed by atoms with Gasteiger partial charge in [-0.15, -0.1) is 0 Å². The lowest BCUT2D eigenvalue weighted by atomic mass is 9.90. The minimum atomic E-state index is -0.0372. The fraction of sp³-hybridized carbons (Fsp3) is 0.294. The van der Waals surface area contributed by atoms with Crippen molar-refractivity contribution in [3.05, 3.63) is 69.8 Å². The van der Waals surface area contributed by atoms with E-state index in [1.807, 2.05) is 0 Å². The van der Waals surface area contributed by atoms with Crippen molar-refractivity contribution in [3.8, 4) is 0 Å². The standard InChI is InChI=1S/C17H21N/c1-11-7-5-9-15(13(11)3)17(18)16-10-6-8-12(2)14(16)4/h5-10,17H,18H2,1-4H3. The summed E-state index contributed by atoms with van der Waals surface area (Å²) in [5.74, 6) is 0. The molecule has 0 spiro atoms. The van der Waals surface area contributed by atoms with Gasteiger partial charge < -0.3 is 5.73 Å². The van der Waals surface area contributed by atoms with Gasteiger partial charge in [0.25, 0.3) is 0 Å². The number of rotatable bonds is 2. The molecule has 0 atom stereocenters. The summed E-state index contributed by atoms with van der Waals surface area (Å²) in [6, 6.07) is 12.7. The van der Waals surface area contributed by atoms with Crippen LogP contribution in [0.15, 0.2) is 36.4 Å². The molecule has 2 aromatic carbocycles. The molecule has 0 aliphatic heterocycles. The van der Waals surface area contributed by atoms with E-state index < -0.39 is 0 Å². The van der Waals surface area contributed by atoms with E-state index in [0.717, 1.165) is 0 Å². The molecule has 94 valence electrons. The Morgan fingerprint density at radius 1 is 0.722 bits per heavy atom. The van der Waals surface area contributed by atoms with Gasteiger partial charge in [-0.25, -0.2) is 0 Å². The molecule has 0 aliphatic carbocycles. The predicted molar refractivity (Wildman–Crippen MR) is 77.9 cm³/mol. The molecule has 0 unspecified atom stereocenters. The Hall–Kier alpha value is -1.60. The lowest BCUT2D eigenvalue weighted by Crippen LogP contribution is -2.15. The van der Waals surface area contributed by atoms with E-state index in [0.29, 0.717) is 0 Å². The average Bonchev–Trinajstić information content (AvgIpc) is 2.35. The molecule has 0 bridgehead atoms. The molecule has 1 heteroatoms. The van der Waals surface area contributed by atoms with Crippen molar-refractivity contribution < 1.29 is 0 Å². The maximum Gasteiger partial charge on any atom is 0.0557 e. The van der Waals surface area contributed by atoms with Gasteiger partial charge in [0.1, 0.15) is 0 Å². The molecular weight excluding hydrogens is 218 g/mol. The van der Waals surface area contributed by atoms with Crippen LogP contribution in [0.4, 0.5) is 0 Å². The van der Waals surface area contributed by atoms with Crippen LogP contribution in [-0.2, 0) is 0 Å². The first-order valence-electron chi connectivity index (χ1n) is 6.40. The average molecular weight is 239 g/mol. The van der Waals surface area contributed by atoms with Crippen molar-refractivity contribution in [2.24, 2.45) is 5.73 Å². The minimum Gasteiger partial charge on any atom is -0.320 e. The number of hydrogen-bond donors (Lipinski definition) is 1. The monoisotopic (exact) mass is 239 g/mol. The largest absolute Gasteiger partial charge is 0.320 e. The summed E-state index contributed by atoms with van der Waals surface area (Å²) in [5, 5.41) is 0. The lowest BCUT2D eigenvalue weighted by Gasteiger charge is -2.19. The van der Waals surface area contributed by atoms with Crippen LogP contribution < -0.4 is 5.73 Å². The molecule has 0 saturated carbocycles. The highest BCUT2D eigenvalue weighted by Crippen LogP contribution is 2.27. The zero-order valence-corrected chi connectivity index (χ0v) is 11.6. The highest BCUT2D eigenvalue weighted by molar-refractivity contribution is 5.44. The second-order valence-electron chi connectivity index (χ2n) is 5.06. The Morgan fingerprint density at radius 2 is 1.11 bits per heavy atom. The fourth-order valence-corrected chi connectivity index (χ4v) is 2.39. The van der Waals surface area contributed by atoms with E-state index in [4.69, 9.17) is 5.73 Å². The Labute approximate surface area is 110 Å². The van der Waals surface area contributed by atoms with Crippen LogP contribution in [0.1, 0.15) is 39.4 Å². The van der Waals surface area contributed by atoms with Gasteiger partial charge in [0, 0.05) is 0 Å². The second-order valence-corrected chi connectivity index (χ2v) is 5.06. The van der Waals surface area contributed by atoms with Crippen molar-refractivity contribution >= 4 is 0 Å².